The Morgan fingerprint density at radius 2 is 1.94 bits per heavy atom. The average Bonchev–Trinajstić information content (AvgIpc) is 2.39. The average molecular weight is 249 g/mol. The van der Waals surface area contributed by atoms with Gasteiger partial charge in [0.25, 0.3) is 0 Å². The number of ether oxygens (including phenoxy) is 1. The summed E-state index contributed by atoms with van der Waals surface area (Å²) in [5.41, 5.74) is 1.33. The molecule has 1 N–H and O–H groups in total. The number of likely N-dealkylation sites (N-methyl/N-ethyl adjacent to an activating group) is 1. The van der Waals surface area contributed by atoms with E-state index in [4.69, 9.17) is 4.74 Å². The molecule has 2 unspecified atom stereocenters. The molecule has 1 aromatic rings. The lowest BCUT2D eigenvalue weighted by Crippen LogP contribution is -2.37. The van der Waals surface area contributed by atoms with Gasteiger partial charge >= 0.3 is 0 Å². The van der Waals surface area contributed by atoms with Crippen LogP contribution >= 0.6 is 0 Å². The first kappa shape index (κ1) is 15.0. The number of nitrogens with one attached hydrogen (secondary N) is 1. The van der Waals surface area contributed by atoms with Gasteiger partial charge in [0.1, 0.15) is 12.4 Å². The summed E-state index contributed by atoms with van der Waals surface area (Å²) in [6.45, 7) is 9.61. The highest BCUT2D eigenvalue weighted by molar-refractivity contribution is 5.30. The molecule has 0 saturated heterocycles. The second kappa shape index (κ2) is 7.42. The first-order chi connectivity index (χ1) is 8.58. The summed E-state index contributed by atoms with van der Waals surface area (Å²) in [5, 5.41) is 3.34. The third-order valence-corrected chi connectivity index (χ3v) is 3.66. The van der Waals surface area contributed by atoms with Crippen molar-refractivity contribution in [3.8, 4) is 5.75 Å². The molecule has 0 amide bonds. The quantitative estimate of drug-likeness (QED) is 0.793. The molecule has 1 aromatic carbocycles. The lowest BCUT2D eigenvalue weighted by atomic mass is 10.00. The van der Waals surface area contributed by atoms with E-state index in [0.717, 1.165) is 12.4 Å². The molecule has 102 valence electrons. The standard InChI is InChI=1S/C16H27NO/c1-6-13(4)16(17-5)11-18-15-9-7-8-14(10-15)12(2)3/h7-10,12-13,16-17H,6,11H2,1-5H3. The van der Waals surface area contributed by atoms with Crippen molar-refractivity contribution in [2.24, 2.45) is 5.92 Å². The van der Waals surface area contributed by atoms with Crippen LogP contribution in [-0.2, 0) is 0 Å². The van der Waals surface area contributed by atoms with E-state index >= 15 is 0 Å². The fourth-order valence-corrected chi connectivity index (χ4v) is 1.97. The molecular formula is C16H27NO. The number of hydrogen-bond donors (Lipinski definition) is 1. The van der Waals surface area contributed by atoms with Crippen molar-refractivity contribution in [3.63, 3.8) is 0 Å². The molecule has 0 aliphatic carbocycles. The summed E-state index contributed by atoms with van der Waals surface area (Å²) in [6, 6.07) is 8.82. The van der Waals surface area contributed by atoms with Gasteiger partial charge in [-0.3, -0.25) is 0 Å². The molecule has 1 rings (SSSR count). The van der Waals surface area contributed by atoms with Gasteiger partial charge < -0.3 is 10.1 Å². The van der Waals surface area contributed by atoms with Crippen LogP contribution in [0.2, 0.25) is 0 Å². The minimum atomic E-state index is 0.415. The van der Waals surface area contributed by atoms with E-state index in [9.17, 15) is 0 Å². The highest BCUT2D eigenvalue weighted by Crippen LogP contribution is 2.20. The zero-order valence-corrected chi connectivity index (χ0v) is 12.4. The van der Waals surface area contributed by atoms with Crippen LogP contribution < -0.4 is 10.1 Å². The Morgan fingerprint density at radius 3 is 2.50 bits per heavy atom. The van der Waals surface area contributed by atoms with E-state index in [-0.39, 0.29) is 0 Å². The normalized spacial score (nSPS) is 14.6. The molecule has 0 fully saturated rings. The van der Waals surface area contributed by atoms with Crippen LogP contribution in [0, 0.1) is 5.92 Å². The zero-order chi connectivity index (χ0) is 13.5. The number of hydrogen-bond acceptors (Lipinski definition) is 2. The molecule has 2 nitrogen and oxygen atoms in total. The van der Waals surface area contributed by atoms with Crippen LogP contribution in [0.3, 0.4) is 0 Å². The first-order valence-electron chi connectivity index (χ1n) is 6.98. The van der Waals surface area contributed by atoms with Crippen molar-refractivity contribution in [1.29, 1.82) is 0 Å². The Morgan fingerprint density at radius 1 is 1.22 bits per heavy atom. The van der Waals surface area contributed by atoms with Crippen molar-refractivity contribution in [2.75, 3.05) is 13.7 Å². The second-order valence-electron chi connectivity index (χ2n) is 5.32. The predicted octanol–water partition coefficient (Wildman–Crippen LogP) is 3.82. The van der Waals surface area contributed by atoms with Gasteiger partial charge in [0, 0.05) is 6.04 Å². The zero-order valence-electron chi connectivity index (χ0n) is 12.4. The topological polar surface area (TPSA) is 21.3 Å². The van der Waals surface area contributed by atoms with Crippen LogP contribution in [0.15, 0.2) is 24.3 Å². The van der Waals surface area contributed by atoms with Crippen LogP contribution in [-0.4, -0.2) is 19.7 Å². The van der Waals surface area contributed by atoms with E-state index in [1.54, 1.807) is 0 Å². The van der Waals surface area contributed by atoms with Gasteiger partial charge in [0.2, 0.25) is 0 Å². The summed E-state index contributed by atoms with van der Waals surface area (Å²) in [5.74, 6) is 2.15. The van der Waals surface area contributed by atoms with E-state index in [1.807, 2.05) is 13.1 Å². The van der Waals surface area contributed by atoms with Gasteiger partial charge in [-0.05, 0) is 36.6 Å². The van der Waals surface area contributed by atoms with E-state index in [2.05, 4.69) is 51.2 Å². The number of rotatable bonds is 7. The predicted molar refractivity (Wildman–Crippen MR) is 78.3 cm³/mol. The first-order valence-corrected chi connectivity index (χ1v) is 6.98. The maximum absolute atomic E-state index is 5.91. The summed E-state index contributed by atoms with van der Waals surface area (Å²) in [6.07, 6.45) is 1.17. The second-order valence-corrected chi connectivity index (χ2v) is 5.32. The highest BCUT2D eigenvalue weighted by atomic mass is 16.5. The Hall–Kier alpha value is -1.02. The van der Waals surface area contributed by atoms with E-state index in [1.165, 1.54) is 12.0 Å². The largest absolute Gasteiger partial charge is 0.492 e. The molecule has 0 radical (unpaired) electrons. The maximum atomic E-state index is 5.91. The van der Waals surface area contributed by atoms with Crippen molar-refractivity contribution in [3.05, 3.63) is 29.8 Å². The molecule has 0 aliphatic rings. The van der Waals surface area contributed by atoms with Crippen molar-refractivity contribution in [1.82, 2.24) is 5.32 Å². The summed E-state index contributed by atoms with van der Waals surface area (Å²) in [4.78, 5) is 0. The van der Waals surface area contributed by atoms with Crippen molar-refractivity contribution in [2.45, 2.75) is 46.1 Å². The molecule has 0 aliphatic heterocycles. The lowest BCUT2D eigenvalue weighted by molar-refractivity contribution is 0.228. The summed E-state index contributed by atoms with van der Waals surface area (Å²) < 4.78 is 5.91. The molecule has 18 heavy (non-hydrogen) atoms. The summed E-state index contributed by atoms with van der Waals surface area (Å²) in [7, 11) is 2.00. The molecule has 0 spiro atoms. The molecule has 0 aromatic heterocycles. The maximum Gasteiger partial charge on any atom is 0.119 e. The third-order valence-electron chi connectivity index (χ3n) is 3.66. The van der Waals surface area contributed by atoms with Crippen LogP contribution in [0.25, 0.3) is 0 Å². The van der Waals surface area contributed by atoms with Gasteiger partial charge in [-0.25, -0.2) is 0 Å². The third kappa shape index (κ3) is 4.34. The monoisotopic (exact) mass is 249 g/mol. The minimum absolute atomic E-state index is 0.415. The van der Waals surface area contributed by atoms with Gasteiger partial charge in [-0.15, -0.1) is 0 Å². The SMILES string of the molecule is CCC(C)C(COc1cccc(C(C)C)c1)NC. The fourth-order valence-electron chi connectivity index (χ4n) is 1.97. The van der Waals surface area contributed by atoms with Crippen LogP contribution in [0.1, 0.15) is 45.6 Å². The molecule has 0 heterocycles. The lowest BCUT2D eigenvalue weighted by Gasteiger charge is -2.22. The molecule has 0 saturated carbocycles. The number of benzene rings is 1. The van der Waals surface area contributed by atoms with E-state index in [0.29, 0.717) is 17.9 Å². The Labute approximate surface area is 112 Å². The molecule has 2 heteroatoms. The highest BCUT2D eigenvalue weighted by Gasteiger charge is 2.14. The van der Waals surface area contributed by atoms with Crippen molar-refractivity contribution >= 4 is 0 Å². The van der Waals surface area contributed by atoms with Crippen LogP contribution in [0.4, 0.5) is 0 Å². The Kier molecular flexibility index (Phi) is 6.20. The Balaban J connectivity index is 2.59. The van der Waals surface area contributed by atoms with Gasteiger partial charge in [0.05, 0.1) is 0 Å². The van der Waals surface area contributed by atoms with Gasteiger partial charge in [0.15, 0.2) is 0 Å². The van der Waals surface area contributed by atoms with Crippen molar-refractivity contribution < 1.29 is 4.74 Å². The fraction of sp³-hybridized carbons (Fsp3) is 0.625. The molecule has 2 atom stereocenters. The Bertz CT molecular complexity index is 349. The van der Waals surface area contributed by atoms with Gasteiger partial charge in [-0.1, -0.05) is 46.2 Å². The van der Waals surface area contributed by atoms with Gasteiger partial charge in [-0.2, -0.15) is 0 Å². The van der Waals surface area contributed by atoms with Crippen LogP contribution in [0.5, 0.6) is 5.75 Å². The minimum Gasteiger partial charge on any atom is -0.492 e. The molecular weight excluding hydrogens is 222 g/mol. The smallest absolute Gasteiger partial charge is 0.119 e. The van der Waals surface area contributed by atoms with E-state index < -0.39 is 0 Å². The molecule has 0 bridgehead atoms. The summed E-state index contributed by atoms with van der Waals surface area (Å²) >= 11 is 0.